The monoisotopic (exact) mass is 330 g/mol. The van der Waals surface area contributed by atoms with Crippen LogP contribution in [0.25, 0.3) is 0 Å². The van der Waals surface area contributed by atoms with Crippen molar-refractivity contribution in [1.82, 2.24) is 10.3 Å². The molecule has 1 amide bonds. The van der Waals surface area contributed by atoms with Gasteiger partial charge in [-0.05, 0) is 36.8 Å². The number of hydrogen-bond acceptors (Lipinski definition) is 5. The van der Waals surface area contributed by atoms with Crippen molar-refractivity contribution in [1.29, 1.82) is 0 Å². The summed E-state index contributed by atoms with van der Waals surface area (Å²) in [5.41, 5.74) is 0.169. The molecule has 24 heavy (non-hydrogen) atoms. The van der Waals surface area contributed by atoms with Crippen LogP contribution >= 0.6 is 0 Å². The van der Waals surface area contributed by atoms with Crippen LogP contribution in [0.4, 0.5) is 0 Å². The van der Waals surface area contributed by atoms with Crippen LogP contribution < -0.4 is 15.6 Å². The Morgan fingerprint density at radius 3 is 2.54 bits per heavy atom. The summed E-state index contributed by atoms with van der Waals surface area (Å²) in [5.74, 6) is -0.573. The molecule has 7 nitrogen and oxygen atoms in total. The maximum absolute atomic E-state index is 12.0. The number of rotatable bonds is 6. The molecule has 0 fully saturated rings. The van der Waals surface area contributed by atoms with Crippen LogP contribution in [-0.4, -0.2) is 30.1 Å². The lowest BCUT2D eigenvalue weighted by molar-refractivity contribution is -0.129. The fourth-order valence-corrected chi connectivity index (χ4v) is 1.94. The van der Waals surface area contributed by atoms with Gasteiger partial charge < -0.3 is 19.8 Å². The molecule has 0 bridgehead atoms. The van der Waals surface area contributed by atoms with Crippen molar-refractivity contribution in [2.75, 3.05) is 7.11 Å². The third-order valence-corrected chi connectivity index (χ3v) is 3.32. The number of nitrogens with one attached hydrogen (secondary N) is 2. The van der Waals surface area contributed by atoms with Gasteiger partial charge >= 0.3 is 5.97 Å². The predicted molar refractivity (Wildman–Crippen MR) is 86.8 cm³/mol. The number of amides is 1. The van der Waals surface area contributed by atoms with E-state index >= 15 is 0 Å². The standard InChI is InChI=1S/C17H18N2O5/c1-11(24-17(22)14-4-3-9-18-16(14)21)15(20)19-10-12-5-7-13(23-2)8-6-12/h3-9,11H,10H2,1-2H3,(H,18,21)(H,19,20)/t11-/m0/s1. The molecule has 2 N–H and O–H groups in total. The average Bonchev–Trinajstić information content (AvgIpc) is 2.60. The SMILES string of the molecule is COc1ccc(CNC(=O)[C@H](C)OC(=O)c2ccc[nH]c2=O)cc1. The van der Waals surface area contributed by atoms with E-state index in [2.05, 4.69) is 10.3 Å². The lowest BCUT2D eigenvalue weighted by Gasteiger charge is -2.13. The molecule has 0 spiro atoms. The van der Waals surface area contributed by atoms with Gasteiger partial charge in [-0.25, -0.2) is 4.79 Å². The van der Waals surface area contributed by atoms with E-state index in [1.165, 1.54) is 25.3 Å². The molecule has 0 saturated heterocycles. The zero-order chi connectivity index (χ0) is 17.5. The third-order valence-electron chi connectivity index (χ3n) is 3.32. The fraction of sp³-hybridized carbons (Fsp3) is 0.235. The first kappa shape index (κ1) is 17.3. The Hall–Kier alpha value is -3.09. The molecule has 1 atom stereocenters. The fourth-order valence-electron chi connectivity index (χ4n) is 1.94. The minimum Gasteiger partial charge on any atom is -0.497 e. The molecule has 0 aliphatic carbocycles. The molecule has 0 unspecified atom stereocenters. The van der Waals surface area contributed by atoms with Crippen LogP contribution in [0.3, 0.4) is 0 Å². The van der Waals surface area contributed by atoms with Gasteiger partial charge in [-0.15, -0.1) is 0 Å². The predicted octanol–water partition coefficient (Wildman–Crippen LogP) is 1.25. The highest BCUT2D eigenvalue weighted by atomic mass is 16.5. The van der Waals surface area contributed by atoms with E-state index < -0.39 is 23.5 Å². The minimum absolute atomic E-state index is 0.146. The number of ether oxygens (including phenoxy) is 2. The van der Waals surface area contributed by atoms with E-state index in [4.69, 9.17) is 9.47 Å². The molecular formula is C17H18N2O5. The molecular weight excluding hydrogens is 312 g/mol. The van der Waals surface area contributed by atoms with Crippen LogP contribution in [0.15, 0.2) is 47.4 Å². The number of esters is 1. The van der Waals surface area contributed by atoms with Crippen molar-refractivity contribution in [3.05, 3.63) is 64.1 Å². The smallest absolute Gasteiger partial charge is 0.344 e. The van der Waals surface area contributed by atoms with Crippen molar-refractivity contribution in [3.63, 3.8) is 0 Å². The summed E-state index contributed by atoms with van der Waals surface area (Å²) in [7, 11) is 1.57. The van der Waals surface area contributed by atoms with E-state index in [-0.39, 0.29) is 12.1 Å². The minimum atomic E-state index is -1.02. The van der Waals surface area contributed by atoms with Crippen molar-refractivity contribution < 1.29 is 19.1 Å². The highest BCUT2D eigenvalue weighted by Gasteiger charge is 2.20. The lowest BCUT2D eigenvalue weighted by Crippen LogP contribution is -2.36. The van der Waals surface area contributed by atoms with Crippen LogP contribution in [0.5, 0.6) is 5.75 Å². The summed E-state index contributed by atoms with van der Waals surface area (Å²) in [6, 6.07) is 10.0. The molecule has 0 aliphatic heterocycles. The first-order chi connectivity index (χ1) is 11.5. The number of carbonyl (C=O) groups excluding carboxylic acids is 2. The van der Waals surface area contributed by atoms with Gasteiger partial charge in [0, 0.05) is 12.7 Å². The summed E-state index contributed by atoms with van der Waals surface area (Å²) in [6.07, 6.45) is 0.389. The Labute approximate surface area is 138 Å². The number of benzene rings is 1. The quantitative estimate of drug-likeness (QED) is 0.777. The molecule has 1 aromatic heterocycles. The van der Waals surface area contributed by atoms with Crippen LogP contribution in [0, 0.1) is 0 Å². The zero-order valence-corrected chi connectivity index (χ0v) is 13.4. The van der Waals surface area contributed by atoms with E-state index in [0.717, 1.165) is 11.3 Å². The molecule has 0 aliphatic rings. The molecule has 126 valence electrons. The van der Waals surface area contributed by atoms with Gasteiger partial charge in [0.15, 0.2) is 6.10 Å². The van der Waals surface area contributed by atoms with Gasteiger partial charge in [0.1, 0.15) is 11.3 Å². The van der Waals surface area contributed by atoms with Crippen LogP contribution in [0.2, 0.25) is 0 Å². The average molecular weight is 330 g/mol. The summed E-state index contributed by atoms with van der Waals surface area (Å²) in [5, 5.41) is 2.66. The maximum atomic E-state index is 12.0. The Morgan fingerprint density at radius 1 is 1.21 bits per heavy atom. The number of aromatic amines is 1. The number of methoxy groups -OCH3 is 1. The van der Waals surface area contributed by atoms with Gasteiger partial charge in [-0.2, -0.15) is 0 Å². The molecule has 7 heteroatoms. The molecule has 0 radical (unpaired) electrons. The summed E-state index contributed by atoms with van der Waals surface area (Å²) in [4.78, 5) is 37.8. The maximum Gasteiger partial charge on any atom is 0.344 e. The van der Waals surface area contributed by atoms with Gasteiger partial charge in [-0.3, -0.25) is 9.59 Å². The molecule has 1 aromatic carbocycles. The molecule has 1 heterocycles. The van der Waals surface area contributed by atoms with E-state index in [9.17, 15) is 14.4 Å². The Bertz CT molecular complexity index is 767. The van der Waals surface area contributed by atoms with Gasteiger partial charge in [0.25, 0.3) is 11.5 Å². The third kappa shape index (κ3) is 4.45. The first-order valence-corrected chi connectivity index (χ1v) is 7.30. The van der Waals surface area contributed by atoms with Crippen molar-refractivity contribution in [3.8, 4) is 5.75 Å². The Morgan fingerprint density at radius 2 is 1.92 bits per heavy atom. The van der Waals surface area contributed by atoms with Crippen LogP contribution in [0.1, 0.15) is 22.8 Å². The molecule has 0 saturated carbocycles. The van der Waals surface area contributed by atoms with Gasteiger partial charge in [-0.1, -0.05) is 12.1 Å². The first-order valence-electron chi connectivity index (χ1n) is 7.30. The summed E-state index contributed by atoms with van der Waals surface area (Å²) < 4.78 is 10.1. The molecule has 2 aromatic rings. The number of hydrogen-bond donors (Lipinski definition) is 2. The highest BCUT2D eigenvalue weighted by Crippen LogP contribution is 2.11. The number of H-pyrrole nitrogens is 1. The second kappa shape index (κ2) is 7.96. The van der Waals surface area contributed by atoms with Crippen LogP contribution in [-0.2, 0) is 16.1 Å². The Balaban J connectivity index is 1.88. The topological polar surface area (TPSA) is 97.5 Å². The number of carbonyl (C=O) groups is 2. The second-order valence-corrected chi connectivity index (χ2v) is 5.03. The number of aromatic nitrogens is 1. The largest absolute Gasteiger partial charge is 0.497 e. The van der Waals surface area contributed by atoms with Crippen molar-refractivity contribution in [2.45, 2.75) is 19.6 Å². The zero-order valence-electron chi connectivity index (χ0n) is 13.4. The van der Waals surface area contributed by atoms with Gasteiger partial charge in [0.05, 0.1) is 7.11 Å². The normalized spacial score (nSPS) is 11.4. The second-order valence-electron chi connectivity index (χ2n) is 5.03. The number of pyridine rings is 1. The lowest BCUT2D eigenvalue weighted by atomic mass is 10.2. The van der Waals surface area contributed by atoms with Gasteiger partial charge in [0.2, 0.25) is 0 Å². The highest BCUT2D eigenvalue weighted by molar-refractivity contribution is 5.91. The van der Waals surface area contributed by atoms with Crippen molar-refractivity contribution >= 4 is 11.9 Å². The molecule has 2 rings (SSSR count). The summed E-state index contributed by atoms with van der Waals surface area (Å²) >= 11 is 0. The van der Waals surface area contributed by atoms with E-state index in [1.807, 2.05) is 12.1 Å². The van der Waals surface area contributed by atoms with Crippen molar-refractivity contribution in [2.24, 2.45) is 0 Å². The van der Waals surface area contributed by atoms with E-state index in [1.54, 1.807) is 19.2 Å². The summed E-state index contributed by atoms with van der Waals surface area (Å²) in [6.45, 7) is 1.73. The Kier molecular flexibility index (Phi) is 5.73. The van der Waals surface area contributed by atoms with E-state index in [0.29, 0.717) is 0 Å².